The predicted molar refractivity (Wildman–Crippen MR) is 54.7 cm³/mol. The van der Waals surface area contributed by atoms with Crippen LogP contribution < -0.4 is 0 Å². The molecular formula is C11H19N. The van der Waals surface area contributed by atoms with Gasteiger partial charge >= 0.3 is 0 Å². The highest BCUT2D eigenvalue weighted by atomic mass is 14.7. The van der Waals surface area contributed by atoms with Crippen LogP contribution in [0.1, 0.15) is 40.0 Å². The van der Waals surface area contributed by atoms with Crippen LogP contribution in [0.5, 0.6) is 0 Å². The molecule has 0 aromatic rings. The Morgan fingerprint density at radius 1 is 1.42 bits per heavy atom. The topological polar surface area (TPSA) is 12.4 Å². The van der Waals surface area contributed by atoms with Crippen LogP contribution in [0.15, 0.2) is 16.6 Å². The first-order valence-corrected chi connectivity index (χ1v) is 4.93. The molecule has 0 saturated heterocycles. The summed E-state index contributed by atoms with van der Waals surface area (Å²) in [5, 5.41) is 0. The molecule has 1 nitrogen and oxygen atoms in total. The van der Waals surface area contributed by atoms with Crippen LogP contribution in [0.2, 0.25) is 0 Å². The zero-order valence-corrected chi connectivity index (χ0v) is 8.43. The van der Waals surface area contributed by atoms with Crippen molar-refractivity contribution in [3.63, 3.8) is 0 Å². The summed E-state index contributed by atoms with van der Waals surface area (Å²) < 4.78 is 0. The maximum Gasteiger partial charge on any atom is 0.0390 e. The summed E-state index contributed by atoms with van der Waals surface area (Å²) in [6, 6.07) is 0. The molecule has 0 N–H and O–H groups in total. The highest BCUT2D eigenvalue weighted by Gasteiger charge is 2.25. The minimum Gasteiger partial charge on any atom is -0.289 e. The maximum absolute atomic E-state index is 4.58. The lowest BCUT2D eigenvalue weighted by Crippen LogP contribution is -1.98. The smallest absolute Gasteiger partial charge is 0.0390 e. The van der Waals surface area contributed by atoms with E-state index in [2.05, 4.69) is 31.8 Å². The molecule has 0 aromatic carbocycles. The van der Waals surface area contributed by atoms with Crippen molar-refractivity contribution in [1.29, 1.82) is 0 Å². The third kappa shape index (κ3) is 3.21. The summed E-state index contributed by atoms with van der Waals surface area (Å²) in [5.41, 5.74) is 2.72. The van der Waals surface area contributed by atoms with Crippen molar-refractivity contribution in [1.82, 2.24) is 0 Å². The van der Waals surface area contributed by atoms with Gasteiger partial charge in [-0.1, -0.05) is 12.5 Å². The van der Waals surface area contributed by atoms with Crippen LogP contribution >= 0.6 is 0 Å². The van der Waals surface area contributed by atoms with Gasteiger partial charge in [-0.15, -0.1) is 0 Å². The van der Waals surface area contributed by atoms with Gasteiger partial charge in [0, 0.05) is 18.2 Å². The van der Waals surface area contributed by atoms with E-state index in [-0.39, 0.29) is 0 Å². The molecular weight excluding hydrogens is 146 g/mol. The van der Waals surface area contributed by atoms with Gasteiger partial charge in [-0.05, 0) is 39.2 Å². The summed E-state index contributed by atoms with van der Waals surface area (Å²) in [6.45, 7) is 7.46. The average molecular weight is 165 g/mol. The number of allylic oxidation sites excluding steroid dienone is 2. The van der Waals surface area contributed by atoms with E-state index < -0.39 is 0 Å². The van der Waals surface area contributed by atoms with E-state index in [1.54, 1.807) is 0 Å². The molecule has 68 valence electrons. The van der Waals surface area contributed by atoms with Gasteiger partial charge in [0.25, 0.3) is 0 Å². The molecule has 0 unspecified atom stereocenters. The van der Waals surface area contributed by atoms with Crippen molar-refractivity contribution in [3.8, 4) is 0 Å². The Bertz CT molecular complexity index is 193. The Labute approximate surface area is 75.6 Å². The normalized spacial score (nSPS) is 17.8. The lowest BCUT2D eigenvalue weighted by atomic mass is 10.2. The number of hydrogen-bond donors (Lipinski definition) is 0. The minimum absolute atomic E-state index is 0.798. The Balaban J connectivity index is 2.54. The van der Waals surface area contributed by atoms with Gasteiger partial charge < -0.3 is 0 Å². The number of aliphatic imine (C=N–C) groups is 1. The van der Waals surface area contributed by atoms with Crippen molar-refractivity contribution >= 4 is 5.71 Å². The Morgan fingerprint density at radius 2 is 2.08 bits per heavy atom. The van der Waals surface area contributed by atoms with Crippen LogP contribution in [-0.4, -0.2) is 12.3 Å². The van der Waals surface area contributed by atoms with Crippen LogP contribution in [0.3, 0.4) is 0 Å². The molecule has 0 bridgehead atoms. The van der Waals surface area contributed by atoms with Gasteiger partial charge in [0.1, 0.15) is 0 Å². The van der Waals surface area contributed by atoms with Gasteiger partial charge in [-0.25, -0.2) is 0 Å². The summed E-state index contributed by atoms with van der Waals surface area (Å²) in [4.78, 5) is 4.58. The van der Waals surface area contributed by atoms with E-state index in [1.165, 1.54) is 24.1 Å². The van der Waals surface area contributed by atoms with E-state index in [0.717, 1.165) is 18.9 Å². The van der Waals surface area contributed by atoms with Crippen molar-refractivity contribution in [3.05, 3.63) is 11.6 Å². The predicted octanol–water partition coefficient (Wildman–Crippen LogP) is 3.21. The molecule has 1 heteroatoms. The number of hydrogen-bond acceptors (Lipinski definition) is 1. The second-order valence-electron chi connectivity index (χ2n) is 3.80. The standard InChI is InChI=1S/C11H19N/c1-4-7-12-11(8-9(2)3)10-5-6-10/h8,10H,4-7H2,1-3H3. The van der Waals surface area contributed by atoms with Gasteiger partial charge in [0.2, 0.25) is 0 Å². The van der Waals surface area contributed by atoms with E-state index in [9.17, 15) is 0 Å². The molecule has 0 aromatic heterocycles. The van der Waals surface area contributed by atoms with Gasteiger partial charge in [0.15, 0.2) is 0 Å². The summed E-state index contributed by atoms with van der Waals surface area (Å²) in [6.07, 6.45) is 6.11. The monoisotopic (exact) mass is 165 g/mol. The van der Waals surface area contributed by atoms with Gasteiger partial charge in [-0.2, -0.15) is 0 Å². The Morgan fingerprint density at radius 3 is 2.50 bits per heavy atom. The molecule has 0 radical (unpaired) electrons. The molecule has 0 aliphatic heterocycles. The van der Waals surface area contributed by atoms with Crippen LogP contribution in [0.4, 0.5) is 0 Å². The molecule has 0 heterocycles. The fraction of sp³-hybridized carbons (Fsp3) is 0.727. The summed E-state index contributed by atoms with van der Waals surface area (Å²) in [7, 11) is 0. The zero-order valence-electron chi connectivity index (χ0n) is 8.43. The first kappa shape index (κ1) is 9.50. The van der Waals surface area contributed by atoms with Crippen LogP contribution in [-0.2, 0) is 0 Å². The second-order valence-corrected chi connectivity index (χ2v) is 3.80. The minimum atomic E-state index is 0.798. The first-order chi connectivity index (χ1) is 5.74. The molecule has 1 aliphatic rings. The van der Waals surface area contributed by atoms with E-state index in [4.69, 9.17) is 0 Å². The third-order valence-electron chi connectivity index (χ3n) is 1.95. The van der Waals surface area contributed by atoms with Crippen molar-refractivity contribution < 1.29 is 0 Å². The first-order valence-electron chi connectivity index (χ1n) is 4.93. The maximum atomic E-state index is 4.58. The number of nitrogens with zero attached hydrogens (tertiary/aromatic N) is 1. The van der Waals surface area contributed by atoms with Crippen molar-refractivity contribution in [2.24, 2.45) is 10.9 Å². The Hall–Kier alpha value is -0.590. The molecule has 1 saturated carbocycles. The fourth-order valence-electron chi connectivity index (χ4n) is 1.21. The second kappa shape index (κ2) is 4.44. The van der Waals surface area contributed by atoms with Gasteiger partial charge in [0.05, 0.1) is 0 Å². The molecule has 0 atom stereocenters. The van der Waals surface area contributed by atoms with Crippen molar-refractivity contribution in [2.75, 3.05) is 6.54 Å². The molecule has 0 spiro atoms. The van der Waals surface area contributed by atoms with E-state index in [1.807, 2.05) is 0 Å². The summed E-state index contributed by atoms with van der Waals surface area (Å²) in [5.74, 6) is 0.798. The highest BCUT2D eigenvalue weighted by Crippen LogP contribution is 2.31. The third-order valence-corrected chi connectivity index (χ3v) is 1.95. The Kier molecular flexibility index (Phi) is 3.51. The molecule has 1 aliphatic carbocycles. The quantitative estimate of drug-likeness (QED) is 0.567. The molecule has 0 amide bonds. The summed E-state index contributed by atoms with van der Waals surface area (Å²) >= 11 is 0. The van der Waals surface area contributed by atoms with Crippen molar-refractivity contribution in [2.45, 2.75) is 40.0 Å². The molecule has 1 rings (SSSR count). The lowest BCUT2D eigenvalue weighted by molar-refractivity contribution is 0.922. The largest absolute Gasteiger partial charge is 0.289 e. The van der Waals surface area contributed by atoms with Crippen LogP contribution in [0.25, 0.3) is 0 Å². The van der Waals surface area contributed by atoms with Gasteiger partial charge in [-0.3, -0.25) is 4.99 Å². The lowest BCUT2D eigenvalue weighted by Gasteiger charge is -1.98. The average Bonchev–Trinajstić information content (AvgIpc) is 2.79. The number of rotatable bonds is 4. The fourth-order valence-corrected chi connectivity index (χ4v) is 1.21. The zero-order chi connectivity index (χ0) is 8.97. The molecule has 1 fully saturated rings. The highest BCUT2D eigenvalue weighted by molar-refractivity contribution is 5.98. The van der Waals surface area contributed by atoms with E-state index in [0.29, 0.717) is 0 Å². The van der Waals surface area contributed by atoms with Crippen LogP contribution in [0, 0.1) is 5.92 Å². The molecule has 12 heavy (non-hydrogen) atoms. The van der Waals surface area contributed by atoms with E-state index >= 15 is 0 Å². The SMILES string of the molecule is CCCN=C(C=C(C)C)C1CC1.